The molecule has 2 aliphatic rings. The summed E-state index contributed by atoms with van der Waals surface area (Å²) in [7, 11) is 1.48. The Bertz CT molecular complexity index is 1960. The Labute approximate surface area is 285 Å². The minimum atomic E-state index is -2.77. The smallest absolute Gasteiger partial charge is 0.498 e. The molecule has 3 aromatic carbocycles. The molecule has 1 N–H and O–H groups in total. The van der Waals surface area contributed by atoms with Crippen LogP contribution in [0.15, 0.2) is 52.9 Å². The molecule has 1 unspecified atom stereocenters. The van der Waals surface area contributed by atoms with Gasteiger partial charge in [-0.05, 0) is 112 Å². The third kappa shape index (κ3) is 6.67. The lowest BCUT2D eigenvalue weighted by Crippen LogP contribution is -2.41. The number of nitrogens with zero attached hydrogens (tertiary/aromatic N) is 1. The maximum absolute atomic E-state index is 15.9. The Morgan fingerprint density at radius 2 is 1.69 bits per heavy atom. The van der Waals surface area contributed by atoms with Crippen molar-refractivity contribution in [3.8, 4) is 11.3 Å². The van der Waals surface area contributed by atoms with Crippen molar-refractivity contribution in [3.05, 3.63) is 88.0 Å². The number of hydrogen-bond acceptors (Lipinski definition) is 8. The fraction of sp³-hybridized carbons (Fsp3) is 0.371. The molecule has 49 heavy (non-hydrogen) atoms. The predicted octanol–water partition coefficient (Wildman–Crippen LogP) is 5.50. The molecule has 6 rings (SSSR count). The van der Waals surface area contributed by atoms with Crippen molar-refractivity contribution in [2.45, 2.75) is 70.7 Å². The van der Waals surface area contributed by atoms with Gasteiger partial charge in [-0.15, -0.1) is 0 Å². The molecule has 0 radical (unpaired) electrons. The molecule has 1 amide bonds. The van der Waals surface area contributed by atoms with E-state index in [1.165, 1.54) is 44.5 Å². The van der Waals surface area contributed by atoms with Crippen LogP contribution in [0.3, 0.4) is 0 Å². The van der Waals surface area contributed by atoms with E-state index in [-0.39, 0.29) is 52.8 Å². The van der Waals surface area contributed by atoms with E-state index in [4.69, 9.17) is 18.5 Å². The summed E-state index contributed by atoms with van der Waals surface area (Å²) in [6, 6.07) is 11.7. The molecule has 1 saturated carbocycles. The molecular weight excluding hydrogens is 657 g/mol. The highest BCUT2D eigenvalue weighted by molar-refractivity contribution is 7.76. The van der Waals surface area contributed by atoms with Gasteiger partial charge in [-0.1, -0.05) is 0 Å². The number of benzene rings is 3. The van der Waals surface area contributed by atoms with Crippen LogP contribution in [0.4, 0.5) is 8.78 Å². The molecule has 10 nitrogen and oxygen atoms in total. The average molecular weight is 694 g/mol. The van der Waals surface area contributed by atoms with E-state index in [1.807, 2.05) is 6.07 Å². The highest BCUT2D eigenvalue weighted by atomic mass is 32.2. The van der Waals surface area contributed by atoms with Crippen LogP contribution in [0.25, 0.3) is 22.3 Å². The van der Waals surface area contributed by atoms with E-state index in [1.54, 1.807) is 33.8 Å². The lowest BCUT2D eigenvalue weighted by atomic mass is 9.74. The van der Waals surface area contributed by atoms with E-state index >= 15 is 4.39 Å². The summed E-state index contributed by atoms with van der Waals surface area (Å²) in [5.74, 6) is -2.06. The Morgan fingerprint density at radius 3 is 2.27 bits per heavy atom. The Hall–Kier alpha value is -3.95. The van der Waals surface area contributed by atoms with Crippen molar-refractivity contribution < 1.29 is 45.6 Å². The Kier molecular flexibility index (Phi) is 9.31. The molecule has 4 aromatic rings. The Balaban J connectivity index is 1.38. The second-order valence-electron chi connectivity index (χ2n) is 13.3. The molecule has 0 bridgehead atoms. The first-order valence-electron chi connectivity index (χ1n) is 15.8. The number of furan rings is 1. The standard InChI is InChI=1S/C35H37BF2N2O8S/c1-34(2)35(3,4)48-36(47-34)30-26(33(42)45-6)13-19(14-27(30)38)17-40(49(43)44)18-22-15-28-25(16-24(22)20-7-8-20)29(32(41)39-5)31(46-28)21-9-11-23(37)12-10-21/h9-16,20H,7-8,17-18H2,1-6H3,(H,39,41)(H,43,44)/p-1. The first-order chi connectivity index (χ1) is 23.1. The fourth-order valence-electron chi connectivity index (χ4n) is 6.07. The zero-order valence-corrected chi connectivity index (χ0v) is 28.8. The number of hydrogen-bond donors (Lipinski definition) is 1. The second kappa shape index (κ2) is 13.1. The first kappa shape index (κ1) is 34.9. The van der Waals surface area contributed by atoms with Gasteiger partial charge in [-0.25, -0.2) is 17.9 Å². The molecule has 1 aliphatic carbocycles. The second-order valence-corrected chi connectivity index (χ2v) is 14.3. The Morgan fingerprint density at radius 1 is 1.04 bits per heavy atom. The van der Waals surface area contributed by atoms with Gasteiger partial charge in [-0.2, -0.15) is 0 Å². The number of methoxy groups -OCH3 is 1. The normalized spacial score (nSPS) is 17.5. The fourth-order valence-corrected chi connectivity index (χ4v) is 6.57. The summed E-state index contributed by atoms with van der Waals surface area (Å²) in [4.78, 5) is 26.0. The summed E-state index contributed by atoms with van der Waals surface area (Å²) in [5, 5.41) is 3.19. The zero-order chi connectivity index (χ0) is 35.4. The van der Waals surface area contributed by atoms with Crippen molar-refractivity contribution in [2.75, 3.05) is 14.2 Å². The highest BCUT2D eigenvalue weighted by Gasteiger charge is 2.53. The van der Waals surface area contributed by atoms with Gasteiger partial charge in [0.25, 0.3) is 5.91 Å². The molecule has 2 fully saturated rings. The third-order valence-electron chi connectivity index (χ3n) is 9.53. The number of esters is 1. The average Bonchev–Trinajstić information content (AvgIpc) is 3.78. The number of nitrogens with one attached hydrogen (secondary N) is 1. The van der Waals surface area contributed by atoms with E-state index in [9.17, 15) is 22.7 Å². The topological polar surface area (TPSA) is 130 Å². The number of carbonyl (C=O) groups excluding carboxylic acids is 2. The van der Waals surface area contributed by atoms with Crippen molar-refractivity contribution >= 4 is 46.7 Å². The van der Waals surface area contributed by atoms with Gasteiger partial charge in [0.1, 0.15) is 23.0 Å². The first-order valence-corrected chi connectivity index (χ1v) is 16.8. The van der Waals surface area contributed by atoms with E-state index in [2.05, 4.69) is 5.32 Å². The van der Waals surface area contributed by atoms with Gasteiger partial charge < -0.3 is 28.3 Å². The summed E-state index contributed by atoms with van der Waals surface area (Å²) in [6.45, 7) is 6.84. The molecule has 0 spiro atoms. The van der Waals surface area contributed by atoms with Gasteiger partial charge in [0.2, 0.25) is 0 Å². The van der Waals surface area contributed by atoms with E-state index < -0.39 is 47.2 Å². The van der Waals surface area contributed by atoms with Crippen molar-refractivity contribution in [1.29, 1.82) is 0 Å². The molecule has 2 heterocycles. The van der Waals surface area contributed by atoms with Crippen molar-refractivity contribution in [3.63, 3.8) is 0 Å². The van der Waals surface area contributed by atoms with Gasteiger partial charge in [0, 0.05) is 47.8 Å². The predicted molar refractivity (Wildman–Crippen MR) is 179 cm³/mol. The van der Waals surface area contributed by atoms with Crippen LogP contribution < -0.4 is 10.8 Å². The van der Waals surface area contributed by atoms with Crippen molar-refractivity contribution in [1.82, 2.24) is 9.62 Å². The molecular formula is C35H36BF2N2O8S-. The number of halogens is 2. The summed E-state index contributed by atoms with van der Waals surface area (Å²) < 4.78 is 79.2. The van der Waals surface area contributed by atoms with Crippen LogP contribution in [0.1, 0.15) is 83.9 Å². The number of carbonyl (C=O) groups is 2. The van der Waals surface area contributed by atoms with Crippen LogP contribution in [-0.4, -0.2) is 57.4 Å². The van der Waals surface area contributed by atoms with Gasteiger partial charge >= 0.3 is 13.1 Å². The lowest BCUT2D eigenvalue weighted by Gasteiger charge is -2.32. The van der Waals surface area contributed by atoms with Crippen molar-refractivity contribution in [2.24, 2.45) is 0 Å². The van der Waals surface area contributed by atoms with E-state index in [0.29, 0.717) is 22.1 Å². The number of fused-ring (bicyclic) bond motifs is 1. The minimum absolute atomic E-state index is 0.103. The number of rotatable bonds is 10. The maximum Gasteiger partial charge on any atom is 0.498 e. The molecule has 1 aliphatic heterocycles. The lowest BCUT2D eigenvalue weighted by molar-refractivity contribution is 0.00578. The van der Waals surface area contributed by atoms with E-state index in [0.717, 1.165) is 28.8 Å². The van der Waals surface area contributed by atoms with Gasteiger partial charge in [0.05, 0.1) is 29.4 Å². The quantitative estimate of drug-likeness (QED) is 0.131. The van der Waals surface area contributed by atoms with Gasteiger partial charge in [0.15, 0.2) is 0 Å². The number of amides is 1. The molecule has 1 atom stereocenters. The molecule has 1 aromatic heterocycles. The third-order valence-corrected chi connectivity index (χ3v) is 10.2. The summed E-state index contributed by atoms with van der Waals surface area (Å²) in [6.07, 6.45) is 1.76. The SMILES string of the molecule is CNC(=O)c1c(-c2ccc(F)cc2)oc2cc(CN(Cc3cc(F)c(B4OC(C)(C)C(C)(C)O4)c(C(=O)OC)c3)S(=O)[O-])c(C3CC3)cc12. The largest absolute Gasteiger partial charge is 0.760 e. The van der Waals surface area contributed by atoms with Crippen LogP contribution in [0.5, 0.6) is 0 Å². The van der Waals surface area contributed by atoms with Crippen LogP contribution in [0.2, 0.25) is 0 Å². The van der Waals surface area contributed by atoms with Crippen LogP contribution in [-0.2, 0) is 38.4 Å². The summed E-state index contributed by atoms with van der Waals surface area (Å²) in [5.41, 5.74) is 0.959. The van der Waals surface area contributed by atoms with Gasteiger partial charge in [-0.3, -0.25) is 9.00 Å². The summed E-state index contributed by atoms with van der Waals surface area (Å²) >= 11 is -2.77. The zero-order valence-electron chi connectivity index (χ0n) is 28.0. The number of ether oxygens (including phenoxy) is 1. The molecule has 1 saturated heterocycles. The molecule has 258 valence electrons. The van der Waals surface area contributed by atoms with Crippen LogP contribution in [0, 0.1) is 11.6 Å². The highest BCUT2D eigenvalue weighted by Crippen LogP contribution is 2.45. The van der Waals surface area contributed by atoms with Crippen LogP contribution >= 0.6 is 0 Å². The minimum Gasteiger partial charge on any atom is -0.760 e. The maximum atomic E-state index is 15.9. The molecule has 14 heteroatoms. The monoisotopic (exact) mass is 693 g/mol.